The van der Waals surface area contributed by atoms with E-state index in [-0.39, 0.29) is 0 Å². The lowest BCUT2D eigenvalue weighted by atomic mass is 10.0. The van der Waals surface area contributed by atoms with E-state index in [9.17, 15) is 4.79 Å². The first-order valence-electron chi connectivity index (χ1n) is 9.07. The summed E-state index contributed by atoms with van der Waals surface area (Å²) < 4.78 is 10.7. The van der Waals surface area contributed by atoms with Gasteiger partial charge >= 0.3 is 5.97 Å². The summed E-state index contributed by atoms with van der Waals surface area (Å²) in [5.41, 5.74) is 5.29. The van der Waals surface area contributed by atoms with Crippen molar-refractivity contribution in [3.8, 4) is 5.75 Å². The maximum absolute atomic E-state index is 11.0. The number of aryl methyl sites for hydroxylation is 1. The Bertz CT molecular complexity index is 790. The lowest BCUT2D eigenvalue weighted by molar-refractivity contribution is -0.137. The maximum Gasteiger partial charge on any atom is 0.330 e. The van der Waals surface area contributed by atoms with Crippen molar-refractivity contribution in [1.29, 1.82) is 0 Å². The summed E-state index contributed by atoms with van der Waals surface area (Å²) in [6.07, 6.45) is 7.41. The van der Waals surface area contributed by atoms with Crippen LogP contribution < -0.4 is 4.74 Å². The Morgan fingerprint density at radius 1 is 1.08 bits per heavy atom. The lowest BCUT2D eigenvalue weighted by Gasteiger charge is -2.10. The van der Waals surface area contributed by atoms with Crippen molar-refractivity contribution >= 4 is 17.6 Å². The molecule has 2 aromatic carbocycles. The smallest absolute Gasteiger partial charge is 0.330 e. The number of carbonyl (C=O) groups excluding carboxylic acids is 1. The zero-order chi connectivity index (χ0) is 18.2. The molecule has 0 atom stereocenters. The molecule has 0 radical (unpaired) electrons. The minimum atomic E-state index is -0.393. The van der Waals surface area contributed by atoms with Crippen molar-refractivity contribution in [2.75, 3.05) is 13.2 Å². The van der Waals surface area contributed by atoms with Crippen LogP contribution in [0, 0.1) is 0 Å². The van der Waals surface area contributed by atoms with Crippen LogP contribution in [0.3, 0.4) is 0 Å². The second kappa shape index (κ2) is 9.04. The molecular weight excluding hydrogens is 324 g/mol. The van der Waals surface area contributed by atoms with E-state index in [4.69, 9.17) is 9.47 Å². The Morgan fingerprint density at radius 3 is 2.73 bits per heavy atom. The molecule has 3 rings (SSSR count). The largest absolute Gasteiger partial charge is 0.493 e. The van der Waals surface area contributed by atoms with Gasteiger partial charge in [-0.2, -0.15) is 0 Å². The third-order valence-corrected chi connectivity index (χ3v) is 4.45. The fraction of sp³-hybridized carbons (Fsp3) is 0.261. The zero-order valence-electron chi connectivity index (χ0n) is 14.9. The second-order valence-corrected chi connectivity index (χ2v) is 6.32. The summed E-state index contributed by atoms with van der Waals surface area (Å²) >= 11 is 0. The van der Waals surface area contributed by atoms with E-state index in [1.165, 1.54) is 28.3 Å². The predicted molar refractivity (Wildman–Crippen MR) is 105 cm³/mol. The first-order chi connectivity index (χ1) is 12.8. The molecule has 1 aliphatic carbocycles. The minimum Gasteiger partial charge on any atom is -0.493 e. The van der Waals surface area contributed by atoms with Gasteiger partial charge in [0.05, 0.1) is 13.2 Å². The van der Waals surface area contributed by atoms with Gasteiger partial charge in [0.15, 0.2) is 0 Å². The molecule has 0 aliphatic heterocycles. The average Bonchev–Trinajstić information content (AvgIpc) is 2.90. The van der Waals surface area contributed by atoms with Gasteiger partial charge in [-0.25, -0.2) is 4.79 Å². The SMILES string of the molecule is C=CC(=O)OCCCOc1ccc2c(c1)CCCC(c1ccccc1)=C2. The molecule has 1 aliphatic rings. The van der Waals surface area contributed by atoms with Crippen molar-refractivity contribution in [2.45, 2.75) is 25.7 Å². The van der Waals surface area contributed by atoms with E-state index in [1.807, 2.05) is 6.07 Å². The first kappa shape index (κ1) is 18.0. The average molecular weight is 348 g/mol. The molecule has 3 nitrogen and oxygen atoms in total. The summed E-state index contributed by atoms with van der Waals surface area (Å²) in [6.45, 7) is 4.24. The van der Waals surface area contributed by atoms with Crippen molar-refractivity contribution in [1.82, 2.24) is 0 Å². The summed E-state index contributed by atoms with van der Waals surface area (Å²) in [5.74, 6) is 0.478. The van der Waals surface area contributed by atoms with Gasteiger partial charge in [-0.05, 0) is 53.7 Å². The van der Waals surface area contributed by atoms with Gasteiger partial charge in [0, 0.05) is 12.5 Å². The summed E-state index contributed by atoms with van der Waals surface area (Å²) in [4.78, 5) is 11.0. The number of hydrogen-bond donors (Lipinski definition) is 0. The first-order valence-corrected chi connectivity index (χ1v) is 9.07. The highest BCUT2D eigenvalue weighted by molar-refractivity contribution is 5.83. The number of benzene rings is 2. The number of ether oxygens (including phenoxy) is 2. The molecule has 0 amide bonds. The summed E-state index contributed by atoms with van der Waals surface area (Å²) in [5, 5.41) is 0. The van der Waals surface area contributed by atoms with Crippen LogP contribution in [0.25, 0.3) is 11.6 Å². The van der Waals surface area contributed by atoms with Crippen LogP contribution >= 0.6 is 0 Å². The molecule has 3 heteroatoms. The molecule has 0 unspecified atom stereocenters. The van der Waals surface area contributed by atoms with E-state index in [1.54, 1.807) is 0 Å². The fourth-order valence-electron chi connectivity index (χ4n) is 3.12. The molecule has 0 N–H and O–H groups in total. The maximum atomic E-state index is 11.0. The molecule has 2 aromatic rings. The quantitative estimate of drug-likeness (QED) is 0.398. The van der Waals surface area contributed by atoms with E-state index < -0.39 is 5.97 Å². The molecule has 0 fully saturated rings. The van der Waals surface area contributed by atoms with Crippen molar-refractivity contribution < 1.29 is 14.3 Å². The molecule has 0 saturated heterocycles. The van der Waals surface area contributed by atoms with Crippen molar-refractivity contribution in [3.05, 3.63) is 77.9 Å². The molecule has 0 bridgehead atoms. The van der Waals surface area contributed by atoms with E-state index in [2.05, 4.69) is 55.1 Å². The Kier molecular flexibility index (Phi) is 6.26. The molecule has 0 heterocycles. The van der Waals surface area contributed by atoms with Crippen molar-refractivity contribution in [2.24, 2.45) is 0 Å². The third kappa shape index (κ3) is 4.85. The van der Waals surface area contributed by atoms with E-state index >= 15 is 0 Å². The van der Waals surface area contributed by atoms with Crippen LogP contribution in [-0.4, -0.2) is 19.2 Å². The van der Waals surface area contributed by atoms with Crippen LogP contribution in [0.4, 0.5) is 0 Å². The monoisotopic (exact) mass is 348 g/mol. The predicted octanol–water partition coefficient (Wildman–Crippen LogP) is 5.06. The Morgan fingerprint density at radius 2 is 1.92 bits per heavy atom. The van der Waals surface area contributed by atoms with Gasteiger partial charge in [-0.1, -0.05) is 49.1 Å². The van der Waals surface area contributed by atoms with Gasteiger partial charge in [0.1, 0.15) is 5.75 Å². The number of carbonyl (C=O) groups is 1. The number of allylic oxidation sites excluding steroid dienone is 1. The van der Waals surface area contributed by atoms with Crippen molar-refractivity contribution in [3.63, 3.8) is 0 Å². The second-order valence-electron chi connectivity index (χ2n) is 6.32. The highest BCUT2D eigenvalue weighted by Gasteiger charge is 2.11. The van der Waals surface area contributed by atoms with Gasteiger partial charge in [-0.15, -0.1) is 0 Å². The molecule has 0 aromatic heterocycles. The van der Waals surface area contributed by atoms with Crippen LogP contribution in [0.1, 0.15) is 36.0 Å². The fourth-order valence-corrected chi connectivity index (χ4v) is 3.12. The number of fused-ring (bicyclic) bond motifs is 1. The van der Waals surface area contributed by atoms with Gasteiger partial charge in [0.25, 0.3) is 0 Å². The topological polar surface area (TPSA) is 35.5 Å². The molecule has 134 valence electrons. The standard InChI is InChI=1S/C23H24O3/c1-2-23(24)26-15-7-14-25-22-13-12-21-16-19(10-6-11-20(21)17-22)18-8-4-3-5-9-18/h2-5,8-9,12-13,16-17H,1,6-7,10-11,14-15H2. The van der Waals surface area contributed by atoms with Gasteiger partial charge < -0.3 is 9.47 Å². The van der Waals surface area contributed by atoms with Crippen LogP contribution in [0.2, 0.25) is 0 Å². The lowest BCUT2D eigenvalue weighted by Crippen LogP contribution is -2.06. The van der Waals surface area contributed by atoms with E-state index in [0.717, 1.165) is 25.0 Å². The molecule has 26 heavy (non-hydrogen) atoms. The number of esters is 1. The minimum absolute atomic E-state index is 0.346. The highest BCUT2D eigenvalue weighted by Crippen LogP contribution is 2.31. The van der Waals surface area contributed by atoms with Crippen LogP contribution in [0.5, 0.6) is 5.75 Å². The van der Waals surface area contributed by atoms with E-state index in [0.29, 0.717) is 19.6 Å². The van der Waals surface area contributed by atoms with Gasteiger partial charge in [-0.3, -0.25) is 0 Å². The van der Waals surface area contributed by atoms with Crippen LogP contribution in [0.15, 0.2) is 61.2 Å². The number of hydrogen-bond acceptors (Lipinski definition) is 3. The van der Waals surface area contributed by atoms with Gasteiger partial charge in [0.2, 0.25) is 0 Å². The molecular formula is C23H24O3. The highest BCUT2D eigenvalue weighted by atomic mass is 16.5. The van der Waals surface area contributed by atoms with Crippen LogP contribution in [-0.2, 0) is 16.0 Å². The zero-order valence-corrected chi connectivity index (χ0v) is 14.9. The molecule has 0 spiro atoms. The summed E-state index contributed by atoms with van der Waals surface area (Å²) in [6, 6.07) is 16.9. The Balaban J connectivity index is 1.62. The third-order valence-electron chi connectivity index (χ3n) is 4.45. The number of rotatable bonds is 7. The summed E-state index contributed by atoms with van der Waals surface area (Å²) in [7, 11) is 0. The normalized spacial score (nSPS) is 13.2. The molecule has 0 saturated carbocycles. The Hall–Kier alpha value is -2.81. The Labute approximate surface area is 155 Å².